The zero-order valence-electron chi connectivity index (χ0n) is 10.2. The van der Waals surface area contributed by atoms with Crippen molar-refractivity contribution in [2.45, 2.75) is 4.90 Å². The van der Waals surface area contributed by atoms with Gasteiger partial charge >= 0.3 is 0 Å². The second kappa shape index (κ2) is 5.25. The van der Waals surface area contributed by atoms with E-state index in [1.54, 1.807) is 17.0 Å². The van der Waals surface area contributed by atoms with E-state index >= 15 is 0 Å². The van der Waals surface area contributed by atoms with Crippen LogP contribution in [0.3, 0.4) is 0 Å². The lowest BCUT2D eigenvalue weighted by Gasteiger charge is -1.97. The molecule has 0 aliphatic rings. The number of nitrogens with zero attached hydrogens (tertiary/aromatic N) is 2. The Hall–Kier alpha value is -2.12. The minimum atomic E-state index is -4.13. The van der Waals surface area contributed by atoms with Crippen molar-refractivity contribution in [3.8, 4) is 0 Å². The van der Waals surface area contributed by atoms with E-state index in [1.165, 1.54) is 12.1 Å². The molecule has 3 rings (SSSR count). The first-order chi connectivity index (χ1) is 8.98. The lowest BCUT2D eigenvalue weighted by Crippen LogP contribution is -1.97. The normalized spacial score (nSPS) is 11.1. The van der Waals surface area contributed by atoms with Crippen molar-refractivity contribution >= 4 is 21.2 Å². The molecule has 6 nitrogen and oxygen atoms in total. The van der Waals surface area contributed by atoms with Crippen LogP contribution in [0.5, 0.6) is 0 Å². The molecule has 0 fully saturated rings. The third-order valence-corrected chi connectivity index (χ3v) is 3.34. The Morgan fingerprint density at radius 1 is 1.26 bits per heavy atom. The fourth-order valence-corrected chi connectivity index (χ4v) is 2.05. The smallest absolute Gasteiger partial charge is 0.294 e. The Morgan fingerprint density at radius 3 is 2.47 bits per heavy atom. The summed E-state index contributed by atoms with van der Waals surface area (Å²) in [6.45, 7) is 0. The number of nitrogens with one attached hydrogen (secondary N) is 1. The van der Waals surface area contributed by atoms with Gasteiger partial charge in [0.1, 0.15) is 0 Å². The Labute approximate surface area is 110 Å². The molecule has 0 unspecified atom stereocenters. The van der Waals surface area contributed by atoms with E-state index in [-0.39, 0.29) is 4.90 Å². The quantitative estimate of drug-likeness (QED) is 0.665. The molecule has 7 heteroatoms. The Morgan fingerprint density at radius 2 is 1.95 bits per heavy atom. The molecule has 3 aromatic rings. The van der Waals surface area contributed by atoms with Gasteiger partial charge < -0.3 is 9.55 Å². The van der Waals surface area contributed by atoms with Gasteiger partial charge in [0, 0.05) is 19.4 Å². The molecule has 0 saturated heterocycles. The first kappa shape index (κ1) is 13.3. The summed E-state index contributed by atoms with van der Waals surface area (Å²) < 4.78 is 32.2. The topological polar surface area (TPSA) is 88.0 Å². The molecule has 0 aliphatic carbocycles. The molecule has 100 valence electrons. The van der Waals surface area contributed by atoms with Crippen molar-refractivity contribution in [2.75, 3.05) is 0 Å². The summed E-state index contributed by atoms with van der Waals surface area (Å²) in [7, 11) is -2.33. The molecule has 0 radical (unpaired) electrons. The maximum Gasteiger partial charge on any atom is 0.294 e. The fraction of sp³-hybridized carbons (Fsp3) is 0.0833. The SMILES string of the molecule is Cn1cnc2cc(S(=O)(=O)O)ccc21.c1cc[nH]c1. The first-order valence-electron chi connectivity index (χ1n) is 5.45. The summed E-state index contributed by atoms with van der Waals surface area (Å²) in [5.74, 6) is 0. The van der Waals surface area contributed by atoms with Crippen molar-refractivity contribution in [1.82, 2.24) is 14.5 Å². The minimum absolute atomic E-state index is 0.135. The molecule has 0 amide bonds. The number of aromatic nitrogens is 3. The molecular weight excluding hydrogens is 266 g/mol. The van der Waals surface area contributed by atoms with Crippen LogP contribution in [0.4, 0.5) is 0 Å². The van der Waals surface area contributed by atoms with Gasteiger partial charge in [-0.05, 0) is 30.3 Å². The molecule has 2 aromatic heterocycles. The molecule has 1 aromatic carbocycles. The maximum atomic E-state index is 10.8. The maximum absolute atomic E-state index is 10.8. The number of H-pyrrole nitrogens is 1. The number of aromatic amines is 1. The van der Waals surface area contributed by atoms with Gasteiger partial charge in [-0.25, -0.2) is 4.98 Å². The summed E-state index contributed by atoms with van der Waals surface area (Å²) in [5.41, 5.74) is 1.36. The van der Waals surface area contributed by atoms with E-state index < -0.39 is 10.1 Å². The summed E-state index contributed by atoms with van der Waals surface area (Å²) in [6, 6.07) is 8.18. The number of imidazole rings is 1. The van der Waals surface area contributed by atoms with Crippen LogP contribution in [-0.4, -0.2) is 27.5 Å². The Bertz CT molecular complexity index is 744. The molecule has 0 spiro atoms. The van der Waals surface area contributed by atoms with Crippen LogP contribution >= 0.6 is 0 Å². The zero-order valence-corrected chi connectivity index (χ0v) is 11.0. The lowest BCUT2D eigenvalue weighted by atomic mass is 10.3. The highest BCUT2D eigenvalue weighted by atomic mass is 32.2. The van der Waals surface area contributed by atoms with Gasteiger partial charge in [0.25, 0.3) is 10.1 Å². The highest BCUT2D eigenvalue weighted by Crippen LogP contribution is 2.16. The highest BCUT2D eigenvalue weighted by molar-refractivity contribution is 7.85. The van der Waals surface area contributed by atoms with E-state index in [9.17, 15) is 8.42 Å². The van der Waals surface area contributed by atoms with Crippen molar-refractivity contribution < 1.29 is 13.0 Å². The number of fused-ring (bicyclic) bond motifs is 1. The summed E-state index contributed by atoms with van der Waals surface area (Å²) in [5, 5.41) is 0. The molecule has 19 heavy (non-hydrogen) atoms. The van der Waals surface area contributed by atoms with Crippen molar-refractivity contribution in [1.29, 1.82) is 0 Å². The second-order valence-electron chi connectivity index (χ2n) is 3.87. The molecule has 0 saturated carbocycles. The van der Waals surface area contributed by atoms with Crippen LogP contribution in [0.15, 0.2) is 53.9 Å². The summed E-state index contributed by atoms with van der Waals surface area (Å²) in [4.78, 5) is 6.71. The number of hydrogen-bond donors (Lipinski definition) is 2. The van der Waals surface area contributed by atoms with Crippen LogP contribution < -0.4 is 0 Å². The summed E-state index contributed by atoms with van der Waals surface area (Å²) in [6.07, 6.45) is 5.33. The molecule has 0 aliphatic heterocycles. The fourth-order valence-electron chi connectivity index (χ4n) is 1.55. The molecule has 0 atom stereocenters. The number of aryl methyl sites for hydroxylation is 1. The molecule has 2 N–H and O–H groups in total. The Balaban J connectivity index is 0.000000224. The van der Waals surface area contributed by atoms with Gasteiger partial charge in [-0.3, -0.25) is 4.55 Å². The van der Waals surface area contributed by atoms with Gasteiger partial charge in [-0.1, -0.05) is 0 Å². The lowest BCUT2D eigenvalue weighted by molar-refractivity contribution is 0.483. The van der Waals surface area contributed by atoms with Crippen molar-refractivity contribution in [3.05, 3.63) is 49.1 Å². The van der Waals surface area contributed by atoms with E-state index in [4.69, 9.17) is 4.55 Å². The first-order valence-corrected chi connectivity index (χ1v) is 6.89. The second-order valence-corrected chi connectivity index (χ2v) is 5.29. The van der Waals surface area contributed by atoms with Gasteiger partial charge in [-0.15, -0.1) is 0 Å². The van der Waals surface area contributed by atoms with Crippen LogP contribution in [-0.2, 0) is 17.2 Å². The summed E-state index contributed by atoms with van der Waals surface area (Å²) >= 11 is 0. The predicted molar refractivity (Wildman–Crippen MR) is 71.3 cm³/mol. The van der Waals surface area contributed by atoms with Crippen molar-refractivity contribution in [2.24, 2.45) is 7.05 Å². The Kier molecular flexibility index (Phi) is 3.68. The molecular formula is C12H13N3O3S. The van der Waals surface area contributed by atoms with Crippen molar-refractivity contribution in [3.63, 3.8) is 0 Å². The number of hydrogen-bond acceptors (Lipinski definition) is 3. The van der Waals surface area contributed by atoms with Gasteiger partial charge in [0.15, 0.2) is 0 Å². The zero-order chi connectivity index (χ0) is 13.9. The van der Waals surface area contributed by atoms with E-state index in [2.05, 4.69) is 9.97 Å². The molecule has 0 bridgehead atoms. The van der Waals surface area contributed by atoms with Gasteiger partial charge in [0.2, 0.25) is 0 Å². The standard InChI is InChI=1S/C8H8N2O3S.C4H5N/c1-10-5-9-7-4-6(14(11,12)13)2-3-8(7)10;1-2-4-5-3-1/h2-5H,1H3,(H,11,12,13);1-5H. The van der Waals surface area contributed by atoms with Gasteiger partial charge in [0.05, 0.1) is 22.3 Å². The third kappa shape index (κ3) is 3.21. The minimum Gasteiger partial charge on any atom is -0.368 e. The van der Waals surface area contributed by atoms with Crippen LogP contribution in [0.25, 0.3) is 11.0 Å². The monoisotopic (exact) mass is 279 g/mol. The third-order valence-electron chi connectivity index (χ3n) is 2.49. The van der Waals surface area contributed by atoms with Crippen LogP contribution in [0.2, 0.25) is 0 Å². The van der Waals surface area contributed by atoms with E-state index in [0.717, 1.165) is 5.52 Å². The van der Waals surface area contributed by atoms with Gasteiger partial charge in [-0.2, -0.15) is 8.42 Å². The average Bonchev–Trinajstić information content (AvgIpc) is 3.01. The largest absolute Gasteiger partial charge is 0.368 e. The number of rotatable bonds is 1. The number of benzene rings is 1. The highest BCUT2D eigenvalue weighted by Gasteiger charge is 2.10. The van der Waals surface area contributed by atoms with E-state index in [0.29, 0.717) is 5.52 Å². The average molecular weight is 279 g/mol. The van der Waals surface area contributed by atoms with E-state index in [1.807, 2.05) is 31.6 Å². The predicted octanol–water partition coefficient (Wildman–Crippen LogP) is 1.83. The van der Waals surface area contributed by atoms with Crippen LogP contribution in [0.1, 0.15) is 0 Å². The molecule has 2 heterocycles. The van der Waals surface area contributed by atoms with Crippen LogP contribution in [0, 0.1) is 0 Å².